The minimum atomic E-state index is -0.298. The molecule has 0 aliphatic carbocycles. The quantitative estimate of drug-likeness (QED) is 0.688. The molecule has 0 unspecified atom stereocenters. The maximum atomic E-state index is 11.4. The summed E-state index contributed by atoms with van der Waals surface area (Å²) in [5, 5.41) is 14.9. The first kappa shape index (κ1) is 12.4. The maximum absolute atomic E-state index is 11.4. The van der Waals surface area contributed by atoms with Crippen LogP contribution in [-0.2, 0) is 0 Å². The third-order valence-electron chi connectivity index (χ3n) is 2.07. The molecule has 88 valence electrons. The lowest BCUT2D eigenvalue weighted by Crippen LogP contribution is -2.31. The van der Waals surface area contributed by atoms with Gasteiger partial charge in [-0.3, -0.25) is 0 Å². The molecule has 0 aliphatic rings. The van der Waals surface area contributed by atoms with Gasteiger partial charge in [0.05, 0.1) is 5.69 Å². The number of benzene rings is 1. The lowest BCUT2D eigenvalue weighted by molar-refractivity contribution is 0.250. The maximum Gasteiger partial charge on any atom is 0.319 e. The highest BCUT2D eigenvalue weighted by molar-refractivity contribution is 5.90. The average Bonchev–Trinajstić information content (AvgIpc) is 2.19. The van der Waals surface area contributed by atoms with Gasteiger partial charge in [0.1, 0.15) is 5.75 Å². The number of aromatic hydroxyl groups is 1. The number of urea groups is 1. The zero-order valence-corrected chi connectivity index (χ0v) is 9.87. The molecule has 4 nitrogen and oxygen atoms in total. The van der Waals surface area contributed by atoms with Crippen molar-refractivity contribution in [1.29, 1.82) is 0 Å². The summed E-state index contributed by atoms with van der Waals surface area (Å²) in [7, 11) is 0. The number of phenols is 1. The van der Waals surface area contributed by atoms with E-state index in [1.165, 1.54) is 0 Å². The zero-order chi connectivity index (χ0) is 12.1. The van der Waals surface area contributed by atoms with Crippen molar-refractivity contribution >= 4 is 11.7 Å². The summed E-state index contributed by atoms with van der Waals surface area (Å²) in [6.45, 7) is 6.52. The number of carbonyl (C=O) groups is 1. The molecule has 4 heteroatoms. The summed E-state index contributed by atoms with van der Waals surface area (Å²) in [6, 6.07) is 4.82. The SMILES string of the molecule is Cc1ccc(NC(=O)NCC(C)C)c(O)c1. The lowest BCUT2D eigenvalue weighted by Gasteiger charge is -2.10. The fraction of sp³-hybridized carbons (Fsp3) is 0.417. The third kappa shape index (κ3) is 3.81. The molecule has 16 heavy (non-hydrogen) atoms. The third-order valence-corrected chi connectivity index (χ3v) is 2.07. The molecule has 0 bridgehead atoms. The van der Waals surface area contributed by atoms with E-state index < -0.39 is 0 Å². The van der Waals surface area contributed by atoms with Crippen LogP contribution in [0.2, 0.25) is 0 Å². The summed E-state index contributed by atoms with van der Waals surface area (Å²) < 4.78 is 0. The van der Waals surface area contributed by atoms with Gasteiger partial charge >= 0.3 is 6.03 Å². The molecular weight excluding hydrogens is 204 g/mol. The van der Waals surface area contributed by atoms with E-state index in [0.29, 0.717) is 18.2 Å². The zero-order valence-electron chi connectivity index (χ0n) is 9.87. The number of hydrogen-bond donors (Lipinski definition) is 3. The van der Waals surface area contributed by atoms with E-state index in [1.54, 1.807) is 12.1 Å². The second-order valence-corrected chi connectivity index (χ2v) is 4.25. The van der Waals surface area contributed by atoms with Crippen LogP contribution in [0.25, 0.3) is 0 Å². The molecule has 0 heterocycles. The predicted molar refractivity (Wildman–Crippen MR) is 64.7 cm³/mol. The molecule has 0 atom stereocenters. The first-order chi connectivity index (χ1) is 7.49. The summed E-state index contributed by atoms with van der Waals surface area (Å²) >= 11 is 0. The van der Waals surface area contributed by atoms with Gasteiger partial charge in [-0.25, -0.2) is 4.79 Å². The average molecular weight is 222 g/mol. The van der Waals surface area contributed by atoms with Crippen molar-refractivity contribution in [1.82, 2.24) is 5.32 Å². The van der Waals surface area contributed by atoms with E-state index in [2.05, 4.69) is 10.6 Å². The number of amides is 2. The van der Waals surface area contributed by atoms with E-state index in [4.69, 9.17) is 0 Å². The van der Waals surface area contributed by atoms with Crippen LogP contribution in [0.4, 0.5) is 10.5 Å². The molecule has 3 N–H and O–H groups in total. The number of rotatable bonds is 3. The van der Waals surface area contributed by atoms with Crippen molar-refractivity contribution in [3.8, 4) is 5.75 Å². The molecule has 1 aromatic rings. The number of hydrogen-bond acceptors (Lipinski definition) is 2. The predicted octanol–water partition coefficient (Wildman–Crippen LogP) is 2.48. The summed E-state index contributed by atoms with van der Waals surface area (Å²) in [5.74, 6) is 0.483. The van der Waals surface area contributed by atoms with Crippen LogP contribution in [0.3, 0.4) is 0 Å². The van der Waals surface area contributed by atoms with Crippen LogP contribution >= 0.6 is 0 Å². The van der Waals surface area contributed by atoms with Crippen molar-refractivity contribution < 1.29 is 9.90 Å². The second-order valence-electron chi connectivity index (χ2n) is 4.25. The lowest BCUT2D eigenvalue weighted by atomic mass is 10.2. The Hall–Kier alpha value is -1.71. The van der Waals surface area contributed by atoms with Gasteiger partial charge < -0.3 is 15.7 Å². The summed E-state index contributed by atoms with van der Waals surface area (Å²) in [4.78, 5) is 11.4. The summed E-state index contributed by atoms with van der Waals surface area (Å²) in [5.41, 5.74) is 1.37. The van der Waals surface area contributed by atoms with Crippen LogP contribution in [0.1, 0.15) is 19.4 Å². The van der Waals surface area contributed by atoms with Crippen molar-refractivity contribution in [2.45, 2.75) is 20.8 Å². The van der Waals surface area contributed by atoms with Gasteiger partial charge in [-0.2, -0.15) is 0 Å². The molecule has 0 spiro atoms. The van der Waals surface area contributed by atoms with Crippen LogP contribution in [0.5, 0.6) is 5.75 Å². The Labute approximate surface area is 95.7 Å². The van der Waals surface area contributed by atoms with Crippen LogP contribution in [0.15, 0.2) is 18.2 Å². The first-order valence-corrected chi connectivity index (χ1v) is 5.33. The summed E-state index contributed by atoms with van der Waals surface area (Å²) in [6.07, 6.45) is 0. The molecule has 0 saturated heterocycles. The van der Waals surface area contributed by atoms with Crippen molar-refractivity contribution in [3.05, 3.63) is 23.8 Å². The topological polar surface area (TPSA) is 61.4 Å². The van der Waals surface area contributed by atoms with E-state index in [1.807, 2.05) is 26.8 Å². The van der Waals surface area contributed by atoms with E-state index >= 15 is 0 Å². The Morgan fingerprint density at radius 3 is 2.69 bits per heavy atom. The minimum Gasteiger partial charge on any atom is -0.506 e. The van der Waals surface area contributed by atoms with Crippen LogP contribution in [-0.4, -0.2) is 17.7 Å². The standard InChI is InChI=1S/C12H18N2O2/c1-8(2)7-13-12(16)14-10-5-4-9(3)6-11(10)15/h4-6,8,15H,7H2,1-3H3,(H2,13,14,16). The van der Waals surface area contributed by atoms with Crippen molar-refractivity contribution in [2.24, 2.45) is 5.92 Å². The molecular formula is C12H18N2O2. The monoisotopic (exact) mass is 222 g/mol. The molecule has 1 aromatic carbocycles. The Morgan fingerprint density at radius 2 is 2.12 bits per heavy atom. The Balaban J connectivity index is 2.56. The number of carbonyl (C=O) groups excluding carboxylic acids is 1. The van der Waals surface area contributed by atoms with Gasteiger partial charge in [0.15, 0.2) is 0 Å². The smallest absolute Gasteiger partial charge is 0.319 e. The minimum absolute atomic E-state index is 0.0831. The Bertz CT molecular complexity index is 375. The van der Waals surface area contributed by atoms with Crippen molar-refractivity contribution in [3.63, 3.8) is 0 Å². The second kappa shape index (κ2) is 5.39. The fourth-order valence-corrected chi connectivity index (χ4v) is 1.21. The molecule has 0 saturated carbocycles. The largest absolute Gasteiger partial charge is 0.506 e. The van der Waals surface area contributed by atoms with Gasteiger partial charge in [0.25, 0.3) is 0 Å². The number of nitrogens with one attached hydrogen (secondary N) is 2. The molecule has 2 amide bonds. The first-order valence-electron chi connectivity index (χ1n) is 5.33. The van der Waals surface area contributed by atoms with E-state index in [-0.39, 0.29) is 11.8 Å². The van der Waals surface area contributed by atoms with Gasteiger partial charge in [-0.15, -0.1) is 0 Å². The van der Waals surface area contributed by atoms with Gasteiger partial charge in [0, 0.05) is 6.54 Å². The Kier molecular flexibility index (Phi) is 4.17. The molecule has 0 aromatic heterocycles. The van der Waals surface area contributed by atoms with Crippen LogP contribution in [0, 0.1) is 12.8 Å². The van der Waals surface area contributed by atoms with E-state index in [0.717, 1.165) is 5.56 Å². The van der Waals surface area contributed by atoms with Gasteiger partial charge in [-0.1, -0.05) is 19.9 Å². The highest BCUT2D eigenvalue weighted by Gasteiger charge is 2.06. The van der Waals surface area contributed by atoms with Gasteiger partial charge in [-0.05, 0) is 30.5 Å². The Morgan fingerprint density at radius 1 is 1.44 bits per heavy atom. The number of phenolic OH excluding ortho intramolecular Hbond substituents is 1. The van der Waals surface area contributed by atoms with E-state index in [9.17, 15) is 9.90 Å². The highest BCUT2D eigenvalue weighted by Crippen LogP contribution is 2.23. The normalized spacial score (nSPS) is 10.2. The number of anilines is 1. The molecule has 1 rings (SSSR count). The van der Waals surface area contributed by atoms with Gasteiger partial charge in [0.2, 0.25) is 0 Å². The molecule has 0 aliphatic heterocycles. The fourth-order valence-electron chi connectivity index (χ4n) is 1.21. The highest BCUT2D eigenvalue weighted by atomic mass is 16.3. The van der Waals surface area contributed by atoms with Crippen LogP contribution < -0.4 is 10.6 Å². The molecule has 0 radical (unpaired) electrons. The molecule has 0 fully saturated rings. The number of aryl methyl sites for hydroxylation is 1. The van der Waals surface area contributed by atoms with Crippen molar-refractivity contribution in [2.75, 3.05) is 11.9 Å².